The van der Waals surface area contributed by atoms with Gasteiger partial charge < -0.3 is 14.6 Å². The van der Waals surface area contributed by atoms with Gasteiger partial charge in [0.25, 0.3) is 5.78 Å². The van der Waals surface area contributed by atoms with E-state index in [2.05, 4.69) is 29.0 Å². The van der Waals surface area contributed by atoms with Gasteiger partial charge >= 0.3 is 5.91 Å². The molecule has 47 heavy (non-hydrogen) atoms. The fraction of sp³-hybridized carbons (Fsp3) is 0.265. The summed E-state index contributed by atoms with van der Waals surface area (Å²) in [6.07, 6.45) is 2.57. The molecule has 0 bridgehead atoms. The highest BCUT2D eigenvalue weighted by atomic mass is 32.2. The fourth-order valence-electron chi connectivity index (χ4n) is 5.36. The highest BCUT2D eigenvalue weighted by Crippen LogP contribution is 2.46. The number of imidazole rings is 1. The molecule has 0 aliphatic carbocycles. The minimum absolute atomic E-state index is 0.130. The van der Waals surface area contributed by atoms with Crippen LogP contribution < -0.4 is 14.4 Å². The molecule has 13 heteroatoms. The molecule has 10 nitrogen and oxygen atoms in total. The van der Waals surface area contributed by atoms with Crippen LogP contribution in [0.25, 0.3) is 11.4 Å². The van der Waals surface area contributed by atoms with E-state index in [-0.39, 0.29) is 22.3 Å². The zero-order chi connectivity index (χ0) is 33.2. The minimum atomic E-state index is -1.08. The summed E-state index contributed by atoms with van der Waals surface area (Å²) in [6.45, 7) is 6.42. The molecule has 1 amide bonds. The molecular formula is C34H32FN5O5S2. The van der Waals surface area contributed by atoms with Crippen molar-refractivity contribution in [3.05, 3.63) is 101 Å². The van der Waals surface area contributed by atoms with Gasteiger partial charge in [0.1, 0.15) is 17.2 Å². The molecule has 0 spiro atoms. The van der Waals surface area contributed by atoms with Crippen LogP contribution in [0.5, 0.6) is 11.5 Å². The van der Waals surface area contributed by atoms with Crippen molar-refractivity contribution < 1.29 is 28.6 Å². The largest absolute Gasteiger partial charge is 0.505 e. The number of aliphatic hydroxyl groups is 1. The quantitative estimate of drug-likeness (QED) is 0.0521. The Morgan fingerprint density at radius 1 is 1.09 bits per heavy atom. The van der Waals surface area contributed by atoms with Gasteiger partial charge in [-0.1, -0.05) is 67.3 Å². The summed E-state index contributed by atoms with van der Waals surface area (Å²) in [5.74, 6) is -0.802. The Hall–Kier alpha value is -4.75. The van der Waals surface area contributed by atoms with E-state index in [1.807, 2.05) is 6.07 Å². The van der Waals surface area contributed by atoms with Crippen LogP contribution in [0.4, 0.5) is 9.52 Å². The van der Waals surface area contributed by atoms with Gasteiger partial charge in [-0.3, -0.25) is 18.9 Å². The first kappa shape index (κ1) is 32.2. The number of carbonyl (C=O) groups is 2. The number of aryl methyl sites for hydroxylation is 1. The summed E-state index contributed by atoms with van der Waals surface area (Å²) in [4.78, 5) is 33.4. The molecule has 1 aliphatic heterocycles. The number of ether oxygens (including phenoxy) is 2. The summed E-state index contributed by atoms with van der Waals surface area (Å²) in [5, 5.41) is 20.5. The number of ketones is 1. The van der Waals surface area contributed by atoms with E-state index < -0.39 is 17.7 Å². The van der Waals surface area contributed by atoms with Gasteiger partial charge in [0, 0.05) is 11.9 Å². The number of pyridine rings is 1. The Balaban J connectivity index is 1.44. The lowest BCUT2D eigenvalue weighted by Gasteiger charge is -2.23. The number of amides is 1. The van der Waals surface area contributed by atoms with Gasteiger partial charge in [0.2, 0.25) is 5.13 Å². The van der Waals surface area contributed by atoms with Crippen molar-refractivity contribution >= 4 is 51.3 Å². The molecule has 0 radical (unpaired) electrons. The van der Waals surface area contributed by atoms with Gasteiger partial charge in [-0.15, -0.1) is 10.2 Å². The molecule has 1 atom stereocenters. The van der Waals surface area contributed by atoms with Gasteiger partial charge in [-0.05, 0) is 60.7 Å². The average molecular weight is 674 g/mol. The maximum Gasteiger partial charge on any atom is 0.301 e. The standard InChI is InChI=1S/C34H32FN5O5S2/c1-19(2)14-16-45-24-13-12-21(17-25(24)44-4)29-27(30(41)28-20(3)36-26-11-7-8-15-39(26)28)31(42)32(43)40(29)33-37-38-34(47-33)46-18-22-9-5-6-10-23(22)35/h5-13,15,17,19,29,41H,14,16,18H2,1-4H3/b30-27+. The van der Waals surface area contributed by atoms with Crippen LogP contribution in [0.2, 0.25) is 0 Å². The van der Waals surface area contributed by atoms with Crippen LogP contribution in [-0.2, 0) is 15.3 Å². The Bertz CT molecular complexity index is 2010. The van der Waals surface area contributed by atoms with Crippen molar-refractivity contribution in [2.45, 2.75) is 43.3 Å². The van der Waals surface area contributed by atoms with Crippen molar-refractivity contribution in [1.29, 1.82) is 0 Å². The highest BCUT2D eigenvalue weighted by molar-refractivity contribution is 8.00. The van der Waals surface area contributed by atoms with Crippen LogP contribution in [0.15, 0.2) is 76.8 Å². The molecule has 4 heterocycles. The third-order valence-corrected chi connectivity index (χ3v) is 9.84. The van der Waals surface area contributed by atoms with Crippen LogP contribution in [0.1, 0.15) is 48.8 Å². The van der Waals surface area contributed by atoms with Gasteiger partial charge in [-0.25, -0.2) is 9.37 Å². The maximum absolute atomic E-state index is 14.2. The number of rotatable bonds is 11. The number of aromatic nitrogens is 4. The van der Waals surface area contributed by atoms with Gasteiger partial charge in [-0.2, -0.15) is 0 Å². The Labute approximate surface area is 278 Å². The molecule has 242 valence electrons. The molecule has 1 saturated heterocycles. The number of anilines is 1. The van der Waals surface area contributed by atoms with Crippen molar-refractivity contribution in [2.75, 3.05) is 18.6 Å². The van der Waals surface area contributed by atoms with Crippen molar-refractivity contribution in [1.82, 2.24) is 19.6 Å². The number of hydrogen-bond acceptors (Lipinski definition) is 10. The predicted molar refractivity (Wildman–Crippen MR) is 179 cm³/mol. The molecule has 0 saturated carbocycles. The second-order valence-electron chi connectivity index (χ2n) is 11.3. The van der Waals surface area contributed by atoms with Crippen molar-refractivity contribution in [2.24, 2.45) is 5.92 Å². The Kier molecular flexibility index (Phi) is 9.28. The molecule has 3 aromatic heterocycles. The zero-order valence-corrected chi connectivity index (χ0v) is 27.8. The summed E-state index contributed by atoms with van der Waals surface area (Å²) >= 11 is 2.36. The second-order valence-corrected chi connectivity index (χ2v) is 13.5. The summed E-state index contributed by atoms with van der Waals surface area (Å²) in [5.41, 5.74) is 2.20. The maximum atomic E-state index is 14.2. The lowest BCUT2D eigenvalue weighted by molar-refractivity contribution is -0.132. The van der Waals surface area contributed by atoms with E-state index in [0.29, 0.717) is 62.3 Å². The third kappa shape index (κ3) is 6.32. The summed E-state index contributed by atoms with van der Waals surface area (Å²) in [7, 11) is 1.51. The molecular weight excluding hydrogens is 642 g/mol. The SMILES string of the molecule is COc1cc(C2/C(=C(\O)c3c(C)nc4ccccn34)C(=O)C(=O)N2c2nnc(SCc3ccccc3F)s2)ccc1OCCC(C)C. The predicted octanol–water partition coefficient (Wildman–Crippen LogP) is 6.99. The number of hydrogen-bond donors (Lipinski definition) is 1. The summed E-state index contributed by atoms with van der Waals surface area (Å²) in [6, 6.07) is 15.9. The number of Topliss-reactive ketones (excluding diaryl/α,β-unsaturated/α-hetero) is 1. The van der Waals surface area contributed by atoms with Crippen LogP contribution >= 0.6 is 23.1 Å². The number of methoxy groups -OCH3 is 1. The molecule has 1 N–H and O–H groups in total. The van der Waals surface area contributed by atoms with Crippen LogP contribution in [-0.4, -0.2) is 50.1 Å². The Morgan fingerprint density at radius 2 is 1.87 bits per heavy atom. The first-order valence-electron chi connectivity index (χ1n) is 14.9. The van der Waals surface area contributed by atoms with Crippen LogP contribution in [0, 0.1) is 18.7 Å². The second kappa shape index (κ2) is 13.5. The van der Waals surface area contributed by atoms with E-state index in [9.17, 15) is 19.1 Å². The molecule has 6 rings (SSSR count). The number of nitrogens with zero attached hydrogens (tertiary/aromatic N) is 5. The minimum Gasteiger partial charge on any atom is -0.505 e. The van der Waals surface area contributed by atoms with Gasteiger partial charge in [0.15, 0.2) is 21.6 Å². The van der Waals surface area contributed by atoms with E-state index in [1.165, 1.54) is 29.8 Å². The number of fused-ring (bicyclic) bond motifs is 1. The van der Waals surface area contributed by atoms with E-state index in [0.717, 1.165) is 17.8 Å². The van der Waals surface area contributed by atoms with E-state index in [4.69, 9.17) is 9.47 Å². The molecule has 2 aromatic carbocycles. The lowest BCUT2D eigenvalue weighted by atomic mass is 9.96. The lowest BCUT2D eigenvalue weighted by Crippen LogP contribution is -2.29. The Morgan fingerprint density at radius 3 is 2.64 bits per heavy atom. The number of benzene rings is 2. The van der Waals surface area contributed by atoms with E-state index >= 15 is 0 Å². The molecule has 5 aromatic rings. The first-order chi connectivity index (χ1) is 22.7. The molecule has 1 unspecified atom stereocenters. The smallest absolute Gasteiger partial charge is 0.301 e. The monoisotopic (exact) mass is 673 g/mol. The number of carbonyl (C=O) groups excluding carboxylic acids is 2. The van der Waals surface area contributed by atoms with Gasteiger partial charge in [0.05, 0.1) is 31.0 Å². The van der Waals surface area contributed by atoms with Crippen LogP contribution in [0.3, 0.4) is 0 Å². The molecule has 1 aliphatic rings. The highest BCUT2D eigenvalue weighted by Gasteiger charge is 2.49. The van der Waals surface area contributed by atoms with Crippen molar-refractivity contribution in [3.8, 4) is 11.5 Å². The molecule has 1 fully saturated rings. The fourth-order valence-corrected chi connectivity index (χ4v) is 7.22. The zero-order valence-electron chi connectivity index (χ0n) is 26.1. The average Bonchev–Trinajstić information content (AvgIpc) is 3.73. The normalized spacial score (nSPS) is 16.0. The number of halogens is 1. The number of thioether (sulfide) groups is 1. The topological polar surface area (TPSA) is 119 Å². The third-order valence-electron chi connectivity index (χ3n) is 7.74. The number of aliphatic hydroxyl groups excluding tert-OH is 1. The van der Waals surface area contributed by atoms with E-state index in [1.54, 1.807) is 66.1 Å². The summed E-state index contributed by atoms with van der Waals surface area (Å²) < 4.78 is 28.0. The van der Waals surface area contributed by atoms with Crippen molar-refractivity contribution in [3.63, 3.8) is 0 Å². The first-order valence-corrected chi connectivity index (χ1v) is 16.7.